The fraction of sp³-hybridized carbons (Fsp3) is 0.556. The summed E-state index contributed by atoms with van der Waals surface area (Å²) >= 11 is 1.78. The molecule has 1 aromatic carbocycles. The number of thiazole rings is 1. The predicted octanol–water partition coefficient (Wildman–Crippen LogP) is 3.83. The first-order valence-electron chi connectivity index (χ1n) is 8.46. The highest BCUT2D eigenvalue weighted by molar-refractivity contribution is 14.0. The summed E-state index contributed by atoms with van der Waals surface area (Å²) in [7, 11) is 1.72. The molecule has 0 atom stereocenters. The Morgan fingerprint density at radius 2 is 2.04 bits per heavy atom. The van der Waals surface area contributed by atoms with Gasteiger partial charge >= 0.3 is 0 Å². The highest BCUT2D eigenvalue weighted by Gasteiger charge is 2.15. The number of methoxy groups -OCH3 is 1. The first-order valence-corrected chi connectivity index (χ1v) is 9.27. The van der Waals surface area contributed by atoms with Crippen LogP contribution in [-0.2, 0) is 11.2 Å². The van der Waals surface area contributed by atoms with Crippen molar-refractivity contribution in [2.75, 3.05) is 26.7 Å². The molecule has 2 N–H and O–H groups in total. The molecule has 1 aromatic heterocycles. The van der Waals surface area contributed by atoms with Crippen LogP contribution in [0.1, 0.15) is 32.2 Å². The number of aliphatic imine (C=N–C) groups is 1. The van der Waals surface area contributed by atoms with Crippen LogP contribution in [0.3, 0.4) is 0 Å². The minimum absolute atomic E-state index is 0. The van der Waals surface area contributed by atoms with E-state index in [1.54, 1.807) is 18.4 Å². The number of aryl methyl sites for hydroxylation is 1. The molecular weight excluding hydrogens is 447 g/mol. The van der Waals surface area contributed by atoms with E-state index in [4.69, 9.17) is 4.74 Å². The number of aromatic nitrogens is 1. The third-order valence-electron chi connectivity index (χ3n) is 3.71. The van der Waals surface area contributed by atoms with Gasteiger partial charge in [-0.2, -0.15) is 0 Å². The molecule has 2 aromatic rings. The standard InChI is InChI=1S/C18H28N4OS.HI/c1-5-19-17(21-13-18(2,3)23-4)20-12-8-11-16-22-14-9-6-7-10-15(14)24-16;/h6-7,9-10H,5,8,11-13H2,1-4H3,(H2,19,20,21);1H. The van der Waals surface area contributed by atoms with E-state index < -0.39 is 0 Å². The van der Waals surface area contributed by atoms with Crippen LogP contribution in [0.15, 0.2) is 29.3 Å². The highest BCUT2D eigenvalue weighted by atomic mass is 127. The van der Waals surface area contributed by atoms with Gasteiger partial charge in [0, 0.05) is 26.6 Å². The first kappa shape index (κ1) is 22.1. The van der Waals surface area contributed by atoms with Crippen LogP contribution in [0.25, 0.3) is 10.2 Å². The molecule has 0 bridgehead atoms. The van der Waals surface area contributed by atoms with Gasteiger partial charge in [-0.05, 0) is 39.3 Å². The molecule has 0 saturated heterocycles. The zero-order valence-corrected chi connectivity index (χ0v) is 18.6. The summed E-state index contributed by atoms with van der Waals surface area (Å²) < 4.78 is 6.67. The van der Waals surface area contributed by atoms with E-state index in [9.17, 15) is 0 Å². The molecule has 0 amide bonds. The van der Waals surface area contributed by atoms with E-state index in [1.807, 2.05) is 19.9 Å². The van der Waals surface area contributed by atoms with Crippen molar-refractivity contribution in [3.63, 3.8) is 0 Å². The van der Waals surface area contributed by atoms with Crippen LogP contribution in [0.4, 0.5) is 0 Å². The van der Waals surface area contributed by atoms with Crippen LogP contribution in [0.2, 0.25) is 0 Å². The normalized spacial score (nSPS) is 12.1. The summed E-state index contributed by atoms with van der Waals surface area (Å²) in [6.07, 6.45) is 2.01. The van der Waals surface area contributed by atoms with Crippen molar-refractivity contribution in [1.29, 1.82) is 0 Å². The molecule has 0 saturated carbocycles. The van der Waals surface area contributed by atoms with Crippen LogP contribution < -0.4 is 10.6 Å². The smallest absolute Gasteiger partial charge is 0.191 e. The topological polar surface area (TPSA) is 58.5 Å². The molecule has 1 heterocycles. The Bertz CT molecular complexity index is 639. The number of nitrogens with one attached hydrogen (secondary N) is 2. The maximum absolute atomic E-state index is 5.41. The van der Waals surface area contributed by atoms with E-state index >= 15 is 0 Å². The molecule has 0 fully saturated rings. The second kappa shape index (κ2) is 10.9. The van der Waals surface area contributed by atoms with Crippen LogP contribution >= 0.6 is 35.3 Å². The average molecular weight is 476 g/mol. The van der Waals surface area contributed by atoms with Crippen LogP contribution in [-0.4, -0.2) is 43.3 Å². The SMILES string of the molecule is CCNC(=NCC(C)(C)OC)NCCCc1nc2ccccc2s1.I. The van der Waals surface area contributed by atoms with Crippen molar-refractivity contribution in [3.05, 3.63) is 29.3 Å². The van der Waals surface area contributed by atoms with Crippen LogP contribution in [0.5, 0.6) is 0 Å². The monoisotopic (exact) mass is 476 g/mol. The van der Waals surface area contributed by atoms with Crippen molar-refractivity contribution >= 4 is 51.5 Å². The van der Waals surface area contributed by atoms with Gasteiger partial charge in [-0.15, -0.1) is 35.3 Å². The molecule has 2 rings (SSSR count). The molecule has 0 aliphatic carbocycles. The third kappa shape index (κ3) is 7.45. The molecular formula is C18H29IN4OS. The molecule has 25 heavy (non-hydrogen) atoms. The maximum Gasteiger partial charge on any atom is 0.191 e. The molecule has 140 valence electrons. The number of guanidine groups is 1. The Morgan fingerprint density at radius 3 is 2.72 bits per heavy atom. The summed E-state index contributed by atoms with van der Waals surface area (Å²) in [5, 5.41) is 7.85. The molecule has 0 radical (unpaired) electrons. The number of hydrogen-bond donors (Lipinski definition) is 2. The molecule has 0 aliphatic rings. The molecule has 0 spiro atoms. The van der Waals surface area contributed by atoms with Crippen LogP contribution in [0, 0.1) is 0 Å². The summed E-state index contributed by atoms with van der Waals surface area (Å²) in [6.45, 7) is 8.48. The molecule has 5 nitrogen and oxygen atoms in total. The molecule has 0 unspecified atom stereocenters. The summed E-state index contributed by atoms with van der Waals surface area (Å²) in [5.74, 6) is 0.840. The third-order valence-corrected chi connectivity index (χ3v) is 4.81. The Labute approximate surface area is 171 Å². The summed E-state index contributed by atoms with van der Waals surface area (Å²) in [6, 6.07) is 8.30. The second-order valence-electron chi connectivity index (χ2n) is 6.26. The minimum Gasteiger partial charge on any atom is -0.377 e. The lowest BCUT2D eigenvalue weighted by Crippen LogP contribution is -2.39. The number of ether oxygens (including phenoxy) is 1. The fourth-order valence-electron chi connectivity index (χ4n) is 2.15. The van der Waals surface area contributed by atoms with E-state index in [0.29, 0.717) is 6.54 Å². The van der Waals surface area contributed by atoms with Gasteiger partial charge in [-0.1, -0.05) is 12.1 Å². The zero-order chi connectivity index (χ0) is 17.4. The summed E-state index contributed by atoms with van der Waals surface area (Å²) in [4.78, 5) is 9.27. The molecule has 7 heteroatoms. The van der Waals surface area contributed by atoms with E-state index in [0.717, 1.165) is 37.4 Å². The minimum atomic E-state index is -0.247. The largest absolute Gasteiger partial charge is 0.377 e. The van der Waals surface area contributed by atoms with Crippen molar-refractivity contribution in [2.24, 2.45) is 4.99 Å². The van der Waals surface area contributed by atoms with Gasteiger partial charge in [0.1, 0.15) is 0 Å². The summed E-state index contributed by atoms with van der Waals surface area (Å²) in [5.41, 5.74) is 0.853. The number of halogens is 1. The number of rotatable bonds is 8. The van der Waals surface area contributed by atoms with Crippen molar-refractivity contribution in [2.45, 2.75) is 39.2 Å². The first-order chi connectivity index (χ1) is 11.5. The van der Waals surface area contributed by atoms with Crippen molar-refractivity contribution < 1.29 is 4.74 Å². The number of nitrogens with zero attached hydrogens (tertiary/aromatic N) is 2. The van der Waals surface area contributed by atoms with Gasteiger partial charge in [0.25, 0.3) is 0 Å². The van der Waals surface area contributed by atoms with Gasteiger partial charge in [-0.25, -0.2) is 4.98 Å². The van der Waals surface area contributed by atoms with E-state index in [1.165, 1.54) is 9.71 Å². The van der Waals surface area contributed by atoms with Gasteiger partial charge in [0.05, 0.1) is 27.4 Å². The second-order valence-corrected chi connectivity index (χ2v) is 7.38. The fourth-order valence-corrected chi connectivity index (χ4v) is 3.16. The Balaban J connectivity index is 0.00000312. The van der Waals surface area contributed by atoms with E-state index in [2.05, 4.69) is 45.7 Å². The quantitative estimate of drug-likeness (QED) is 0.263. The lowest BCUT2D eigenvalue weighted by atomic mass is 10.1. The van der Waals surface area contributed by atoms with Crippen molar-refractivity contribution in [1.82, 2.24) is 15.6 Å². The van der Waals surface area contributed by atoms with E-state index in [-0.39, 0.29) is 29.6 Å². The highest BCUT2D eigenvalue weighted by Crippen LogP contribution is 2.22. The van der Waals surface area contributed by atoms with Crippen molar-refractivity contribution in [3.8, 4) is 0 Å². The molecule has 0 aliphatic heterocycles. The predicted molar refractivity (Wildman–Crippen MR) is 118 cm³/mol. The zero-order valence-electron chi connectivity index (χ0n) is 15.5. The average Bonchev–Trinajstić information content (AvgIpc) is 2.99. The van der Waals surface area contributed by atoms with Gasteiger partial charge < -0.3 is 15.4 Å². The Hall–Kier alpha value is -0.930. The maximum atomic E-state index is 5.41. The Morgan fingerprint density at radius 1 is 1.28 bits per heavy atom. The van der Waals surface area contributed by atoms with Gasteiger partial charge in [-0.3, -0.25) is 4.99 Å². The number of hydrogen-bond acceptors (Lipinski definition) is 4. The number of fused-ring (bicyclic) bond motifs is 1. The lowest BCUT2D eigenvalue weighted by Gasteiger charge is -2.21. The van der Waals surface area contributed by atoms with Gasteiger partial charge in [0.15, 0.2) is 5.96 Å². The number of para-hydroxylation sites is 1. The Kier molecular flexibility index (Phi) is 9.66. The number of benzene rings is 1. The van der Waals surface area contributed by atoms with Gasteiger partial charge in [0.2, 0.25) is 0 Å². The lowest BCUT2D eigenvalue weighted by molar-refractivity contribution is 0.0310.